The Balaban J connectivity index is 3.07. The normalized spacial score (nSPS) is 12.9. The molecule has 1 unspecified atom stereocenters. The lowest BCUT2D eigenvalue weighted by atomic mass is 9.97. The van der Waals surface area contributed by atoms with E-state index in [1.165, 1.54) is 0 Å². The number of aliphatic hydroxyl groups excluding tert-OH is 1. The van der Waals surface area contributed by atoms with Gasteiger partial charge in [-0.15, -0.1) is 0 Å². The molecule has 2 nitrogen and oxygen atoms in total. The molecule has 0 aliphatic heterocycles. The second-order valence-electron chi connectivity index (χ2n) is 3.07. The zero-order valence-electron chi connectivity index (χ0n) is 7.41. The molecule has 0 aliphatic rings. The van der Waals surface area contributed by atoms with E-state index in [9.17, 15) is 5.11 Å². The summed E-state index contributed by atoms with van der Waals surface area (Å²) in [5.41, 5.74) is 1.87. The smallest absolute Gasteiger partial charge is 0.118 e. The molecule has 0 bridgehead atoms. The first kappa shape index (κ1) is 9.07. The largest absolute Gasteiger partial charge is 0.508 e. The van der Waals surface area contributed by atoms with E-state index in [0.29, 0.717) is 5.75 Å². The van der Waals surface area contributed by atoms with Gasteiger partial charge in [-0.25, -0.2) is 0 Å². The van der Waals surface area contributed by atoms with Crippen LogP contribution in [0.15, 0.2) is 18.2 Å². The number of phenols is 1. The van der Waals surface area contributed by atoms with Crippen LogP contribution in [-0.4, -0.2) is 16.8 Å². The van der Waals surface area contributed by atoms with Crippen molar-refractivity contribution >= 4 is 0 Å². The van der Waals surface area contributed by atoms with Gasteiger partial charge in [0.2, 0.25) is 0 Å². The third kappa shape index (κ3) is 1.59. The van der Waals surface area contributed by atoms with Gasteiger partial charge in [-0.1, -0.05) is 19.1 Å². The van der Waals surface area contributed by atoms with Gasteiger partial charge in [0.1, 0.15) is 5.75 Å². The van der Waals surface area contributed by atoms with Crippen LogP contribution in [0, 0.1) is 6.92 Å². The number of hydrogen-bond donors (Lipinski definition) is 2. The van der Waals surface area contributed by atoms with Crippen LogP contribution in [0.5, 0.6) is 5.75 Å². The van der Waals surface area contributed by atoms with Crippen molar-refractivity contribution in [1.82, 2.24) is 0 Å². The molecule has 0 heterocycles. The summed E-state index contributed by atoms with van der Waals surface area (Å²) >= 11 is 0. The molecule has 0 amide bonds. The van der Waals surface area contributed by atoms with E-state index >= 15 is 0 Å². The molecule has 0 saturated heterocycles. The zero-order chi connectivity index (χ0) is 9.14. The van der Waals surface area contributed by atoms with Crippen molar-refractivity contribution < 1.29 is 10.2 Å². The topological polar surface area (TPSA) is 40.5 Å². The number of aromatic hydroxyl groups is 1. The van der Waals surface area contributed by atoms with Crippen LogP contribution in [-0.2, 0) is 0 Å². The summed E-state index contributed by atoms with van der Waals surface area (Å²) in [6.07, 6.45) is 0. The van der Waals surface area contributed by atoms with E-state index in [0.717, 1.165) is 11.1 Å². The predicted octanol–water partition coefficient (Wildman–Crippen LogP) is 1.80. The van der Waals surface area contributed by atoms with Crippen LogP contribution >= 0.6 is 0 Å². The fraction of sp³-hybridized carbons (Fsp3) is 0.400. The van der Waals surface area contributed by atoms with Crippen LogP contribution in [0.1, 0.15) is 24.0 Å². The van der Waals surface area contributed by atoms with Gasteiger partial charge >= 0.3 is 0 Å². The second kappa shape index (κ2) is 3.59. The molecule has 12 heavy (non-hydrogen) atoms. The van der Waals surface area contributed by atoms with E-state index in [4.69, 9.17) is 5.11 Å². The molecule has 0 aliphatic carbocycles. The quantitative estimate of drug-likeness (QED) is 0.703. The van der Waals surface area contributed by atoms with Gasteiger partial charge in [0.15, 0.2) is 0 Å². The van der Waals surface area contributed by atoms with Crippen molar-refractivity contribution in [2.45, 2.75) is 19.8 Å². The van der Waals surface area contributed by atoms with Crippen LogP contribution in [0.25, 0.3) is 0 Å². The van der Waals surface area contributed by atoms with E-state index < -0.39 is 0 Å². The van der Waals surface area contributed by atoms with Crippen LogP contribution in [0.2, 0.25) is 0 Å². The minimum Gasteiger partial charge on any atom is -0.508 e. The van der Waals surface area contributed by atoms with Crippen molar-refractivity contribution in [3.8, 4) is 5.75 Å². The predicted molar refractivity (Wildman–Crippen MR) is 48.3 cm³/mol. The van der Waals surface area contributed by atoms with Gasteiger partial charge in [-0.2, -0.15) is 0 Å². The monoisotopic (exact) mass is 166 g/mol. The highest BCUT2D eigenvalue weighted by Crippen LogP contribution is 2.25. The van der Waals surface area contributed by atoms with Crippen molar-refractivity contribution in [2.75, 3.05) is 6.61 Å². The Morgan fingerprint density at radius 1 is 1.42 bits per heavy atom. The first-order valence-corrected chi connectivity index (χ1v) is 4.06. The second-order valence-corrected chi connectivity index (χ2v) is 3.07. The lowest BCUT2D eigenvalue weighted by Gasteiger charge is -2.12. The average molecular weight is 166 g/mol. The lowest BCUT2D eigenvalue weighted by Crippen LogP contribution is -2.00. The molecule has 0 aromatic heterocycles. The van der Waals surface area contributed by atoms with Crippen molar-refractivity contribution in [2.24, 2.45) is 0 Å². The highest BCUT2D eigenvalue weighted by molar-refractivity contribution is 5.39. The van der Waals surface area contributed by atoms with Crippen molar-refractivity contribution in [3.05, 3.63) is 29.3 Å². The van der Waals surface area contributed by atoms with Gasteiger partial charge in [0.25, 0.3) is 0 Å². The number of rotatable bonds is 2. The summed E-state index contributed by atoms with van der Waals surface area (Å²) in [4.78, 5) is 0. The Hall–Kier alpha value is -1.02. The molecule has 2 N–H and O–H groups in total. The van der Waals surface area contributed by atoms with Crippen LogP contribution in [0.3, 0.4) is 0 Å². The SMILES string of the molecule is Cc1c(O)cccc1C(C)CO. The van der Waals surface area contributed by atoms with Gasteiger partial charge in [-0.05, 0) is 24.1 Å². The Bertz CT molecular complexity index is 269. The Morgan fingerprint density at radius 3 is 2.67 bits per heavy atom. The molecule has 0 radical (unpaired) electrons. The van der Waals surface area contributed by atoms with Crippen LogP contribution < -0.4 is 0 Å². The molecular formula is C10H14O2. The fourth-order valence-electron chi connectivity index (χ4n) is 1.27. The molecule has 0 fully saturated rings. The summed E-state index contributed by atoms with van der Waals surface area (Å²) in [6, 6.07) is 5.38. The maximum absolute atomic E-state index is 9.36. The minimum atomic E-state index is 0.0945. The summed E-state index contributed by atoms with van der Waals surface area (Å²) in [5.74, 6) is 0.393. The molecule has 1 rings (SSSR count). The Labute approximate surface area is 72.5 Å². The maximum atomic E-state index is 9.36. The van der Waals surface area contributed by atoms with E-state index in [1.807, 2.05) is 19.9 Å². The van der Waals surface area contributed by atoms with Gasteiger partial charge in [-0.3, -0.25) is 0 Å². The first-order valence-electron chi connectivity index (χ1n) is 4.06. The number of benzene rings is 1. The van der Waals surface area contributed by atoms with Gasteiger partial charge in [0.05, 0.1) is 0 Å². The van der Waals surface area contributed by atoms with E-state index in [1.54, 1.807) is 12.1 Å². The first-order chi connectivity index (χ1) is 5.66. The molecule has 0 spiro atoms. The molecule has 2 heteroatoms. The van der Waals surface area contributed by atoms with E-state index in [-0.39, 0.29) is 12.5 Å². The Morgan fingerprint density at radius 2 is 2.08 bits per heavy atom. The number of phenolic OH excluding ortho intramolecular Hbond substituents is 1. The number of aliphatic hydroxyl groups is 1. The Kier molecular flexibility index (Phi) is 2.71. The lowest BCUT2D eigenvalue weighted by molar-refractivity contribution is 0.272. The molecule has 1 aromatic rings. The zero-order valence-corrected chi connectivity index (χ0v) is 7.41. The molecule has 1 atom stereocenters. The third-order valence-corrected chi connectivity index (χ3v) is 2.15. The van der Waals surface area contributed by atoms with E-state index in [2.05, 4.69) is 0 Å². The fourth-order valence-corrected chi connectivity index (χ4v) is 1.27. The summed E-state index contributed by atoms with van der Waals surface area (Å²) < 4.78 is 0. The summed E-state index contributed by atoms with van der Waals surface area (Å²) in [6.45, 7) is 3.91. The highest BCUT2D eigenvalue weighted by atomic mass is 16.3. The number of hydrogen-bond acceptors (Lipinski definition) is 2. The third-order valence-electron chi connectivity index (χ3n) is 2.15. The maximum Gasteiger partial charge on any atom is 0.118 e. The molecular weight excluding hydrogens is 152 g/mol. The van der Waals surface area contributed by atoms with Crippen LogP contribution in [0.4, 0.5) is 0 Å². The molecule has 0 saturated carbocycles. The summed E-state index contributed by atoms with van der Waals surface area (Å²) in [7, 11) is 0. The minimum absolute atomic E-state index is 0.0945. The van der Waals surface area contributed by atoms with Crippen molar-refractivity contribution in [3.63, 3.8) is 0 Å². The van der Waals surface area contributed by atoms with Gasteiger partial charge < -0.3 is 10.2 Å². The summed E-state index contributed by atoms with van der Waals surface area (Å²) in [5, 5.41) is 18.3. The molecule has 1 aromatic carbocycles. The van der Waals surface area contributed by atoms with Gasteiger partial charge in [0, 0.05) is 12.5 Å². The van der Waals surface area contributed by atoms with Crippen molar-refractivity contribution in [1.29, 1.82) is 0 Å². The average Bonchev–Trinajstić information content (AvgIpc) is 2.08. The molecule has 66 valence electrons. The highest BCUT2D eigenvalue weighted by Gasteiger charge is 2.08. The standard InChI is InChI=1S/C10H14O2/c1-7(6-11)9-4-3-5-10(12)8(9)2/h3-5,7,11-12H,6H2,1-2H3.